The summed E-state index contributed by atoms with van der Waals surface area (Å²) in [6.45, 7) is 2.55. The minimum atomic E-state index is -3.40. The minimum absolute atomic E-state index is 0.228. The van der Waals surface area contributed by atoms with Gasteiger partial charge < -0.3 is 10.2 Å². The van der Waals surface area contributed by atoms with Crippen LogP contribution >= 0.6 is 0 Å². The van der Waals surface area contributed by atoms with Crippen molar-refractivity contribution < 1.29 is 21.6 Å². The Labute approximate surface area is 177 Å². The molecule has 0 saturated carbocycles. The Morgan fingerprint density at radius 3 is 2.03 bits per heavy atom. The first-order valence-corrected chi connectivity index (χ1v) is 13.2. The third-order valence-corrected chi connectivity index (χ3v) is 8.79. The zero-order valence-electron chi connectivity index (χ0n) is 17.0. The number of piperidine rings is 1. The maximum atomic E-state index is 12.8. The summed E-state index contributed by atoms with van der Waals surface area (Å²) >= 11 is 0. The quantitative estimate of drug-likeness (QED) is 0.755. The van der Waals surface area contributed by atoms with Crippen LogP contribution in [-0.4, -0.2) is 52.4 Å². The molecule has 9 heteroatoms. The molecule has 0 radical (unpaired) electrons. The van der Waals surface area contributed by atoms with Crippen molar-refractivity contribution in [2.45, 2.75) is 40.8 Å². The van der Waals surface area contributed by atoms with Crippen LogP contribution in [0.5, 0.6) is 0 Å². The number of likely N-dealkylation sites (tertiary alicyclic amines) is 1. The molecule has 30 heavy (non-hydrogen) atoms. The van der Waals surface area contributed by atoms with E-state index in [0.29, 0.717) is 30.8 Å². The molecule has 1 fully saturated rings. The van der Waals surface area contributed by atoms with Gasteiger partial charge in [-0.1, -0.05) is 30.3 Å². The lowest BCUT2D eigenvalue weighted by molar-refractivity contribution is 0.183. The van der Waals surface area contributed by atoms with Crippen LogP contribution < -0.4 is 5.32 Å². The Kier molecular flexibility index (Phi) is 6.52. The first kappa shape index (κ1) is 22.3. The van der Waals surface area contributed by atoms with Crippen LogP contribution in [0.4, 0.5) is 4.79 Å². The topological polar surface area (TPSA) is 101 Å². The molecule has 0 spiro atoms. The van der Waals surface area contributed by atoms with Crippen LogP contribution in [0.3, 0.4) is 0 Å². The molecule has 1 unspecified atom stereocenters. The lowest BCUT2D eigenvalue weighted by Gasteiger charge is -2.32. The number of nitrogens with zero attached hydrogens (tertiary/aromatic N) is 1. The fourth-order valence-corrected chi connectivity index (χ4v) is 5.92. The van der Waals surface area contributed by atoms with Gasteiger partial charge in [0.05, 0.1) is 21.1 Å². The predicted octanol–water partition coefficient (Wildman–Crippen LogP) is 2.80. The standard InChI is InChI=1S/C21H26N2O5S2/c1-16(17-8-10-18(11-9-17)29(2,25)26)22-21(24)23-14-12-20(13-15-23)30(27,28)19-6-4-3-5-7-19/h3-11,16,20H,12-15H2,1-2H3,(H,22,24). The molecule has 3 rings (SSSR count). The molecule has 162 valence electrons. The monoisotopic (exact) mass is 450 g/mol. The van der Waals surface area contributed by atoms with Crippen LogP contribution in [0.2, 0.25) is 0 Å². The van der Waals surface area contributed by atoms with Crippen molar-refractivity contribution in [1.29, 1.82) is 0 Å². The number of nitrogens with one attached hydrogen (secondary N) is 1. The highest BCUT2D eigenvalue weighted by Gasteiger charge is 2.32. The molecule has 0 bridgehead atoms. The molecule has 1 atom stereocenters. The number of rotatable bonds is 5. The number of amides is 2. The number of carbonyl (C=O) groups is 1. The van der Waals surface area contributed by atoms with Crippen molar-refractivity contribution in [3.63, 3.8) is 0 Å². The highest BCUT2D eigenvalue weighted by molar-refractivity contribution is 7.92. The van der Waals surface area contributed by atoms with Crippen molar-refractivity contribution in [3.05, 3.63) is 60.2 Å². The summed E-state index contributed by atoms with van der Waals surface area (Å²) in [4.78, 5) is 14.8. The van der Waals surface area contributed by atoms with E-state index >= 15 is 0 Å². The van der Waals surface area contributed by atoms with Gasteiger partial charge in [-0.2, -0.15) is 0 Å². The van der Waals surface area contributed by atoms with Crippen molar-refractivity contribution in [1.82, 2.24) is 10.2 Å². The highest BCUT2D eigenvalue weighted by Crippen LogP contribution is 2.25. The van der Waals surface area contributed by atoms with Crippen molar-refractivity contribution in [2.24, 2.45) is 0 Å². The molecule has 1 N–H and O–H groups in total. The summed E-state index contributed by atoms with van der Waals surface area (Å²) in [5, 5.41) is 2.40. The summed E-state index contributed by atoms with van der Waals surface area (Å²) in [5.74, 6) is 0. The summed E-state index contributed by atoms with van der Waals surface area (Å²) < 4.78 is 48.7. The van der Waals surface area contributed by atoms with E-state index < -0.39 is 24.9 Å². The normalized spacial score (nSPS) is 16.8. The molecular weight excluding hydrogens is 424 g/mol. The molecule has 7 nitrogen and oxygen atoms in total. The highest BCUT2D eigenvalue weighted by atomic mass is 32.2. The van der Waals surface area contributed by atoms with Crippen LogP contribution in [0.1, 0.15) is 31.4 Å². The van der Waals surface area contributed by atoms with E-state index in [1.54, 1.807) is 47.4 Å². The Bertz CT molecular complexity index is 1090. The maximum Gasteiger partial charge on any atom is 0.317 e. The van der Waals surface area contributed by atoms with Crippen molar-refractivity contribution in [2.75, 3.05) is 19.3 Å². The number of hydrogen-bond acceptors (Lipinski definition) is 5. The lowest BCUT2D eigenvalue weighted by Crippen LogP contribution is -2.47. The fraction of sp³-hybridized carbons (Fsp3) is 0.381. The molecule has 1 aliphatic heterocycles. The SMILES string of the molecule is CC(NC(=O)N1CCC(S(=O)(=O)c2ccccc2)CC1)c1ccc(S(C)(=O)=O)cc1. The average Bonchev–Trinajstić information content (AvgIpc) is 2.74. The second-order valence-electron chi connectivity index (χ2n) is 7.56. The number of hydrogen-bond donors (Lipinski definition) is 1. The molecule has 1 heterocycles. The van der Waals surface area contributed by atoms with E-state index in [1.165, 1.54) is 12.1 Å². The first-order chi connectivity index (χ1) is 14.1. The number of sulfone groups is 2. The number of urea groups is 1. The van der Waals surface area contributed by atoms with Gasteiger partial charge in [-0.05, 0) is 49.6 Å². The zero-order valence-corrected chi connectivity index (χ0v) is 18.6. The largest absolute Gasteiger partial charge is 0.331 e. The Hall–Kier alpha value is -2.39. The summed E-state index contributed by atoms with van der Waals surface area (Å²) in [6, 6.07) is 14.2. The zero-order chi connectivity index (χ0) is 21.9. The van der Waals surface area contributed by atoms with Gasteiger partial charge in [0.15, 0.2) is 19.7 Å². The van der Waals surface area contributed by atoms with Gasteiger partial charge in [-0.25, -0.2) is 21.6 Å². The van der Waals surface area contributed by atoms with Gasteiger partial charge in [0, 0.05) is 19.3 Å². The van der Waals surface area contributed by atoms with Gasteiger partial charge in [0.2, 0.25) is 0 Å². The second-order valence-corrected chi connectivity index (χ2v) is 11.8. The molecule has 1 aliphatic rings. The van der Waals surface area contributed by atoms with Crippen LogP contribution in [0.15, 0.2) is 64.4 Å². The average molecular weight is 451 g/mol. The van der Waals surface area contributed by atoms with Gasteiger partial charge in [0.1, 0.15) is 0 Å². The third-order valence-electron chi connectivity index (χ3n) is 5.39. The predicted molar refractivity (Wildman–Crippen MR) is 115 cm³/mol. The van der Waals surface area contributed by atoms with Crippen LogP contribution in [0.25, 0.3) is 0 Å². The van der Waals surface area contributed by atoms with Crippen molar-refractivity contribution >= 4 is 25.7 Å². The van der Waals surface area contributed by atoms with Crippen LogP contribution in [0, 0.1) is 0 Å². The molecule has 2 amide bonds. The van der Waals surface area contributed by atoms with E-state index in [9.17, 15) is 21.6 Å². The smallest absolute Gasteiger partial charge is 0.317 e. The third kappa shape index (κ3) is 5.02. The summed E-state index contributed by atoms with van der Waals surface area (Å²) in [7, 11) is -6.67. The molecule has 1 saturated heterocycles. The van der Waals surface area contributed by atoms with Gasteiger partial charge in [-0.15, -0.1) is 0 Å². The van der Waals surface area contributed by atoms with Gasteiger partial charge in [0.25, 0.3) is 0 Å². The van der Waals surface area contributed by atoms with E-state index in [4.69, 9.17) is 0 Å². The Balaban J connectivity index is 1.58. The first-order valence-electron chi connectivity index (χ1n) is 9.73. The van der Waals surface area contributed by atoms with Gasteiger partial charge in [-0.3, -0.25) is 0 Å². The van der Waals surface area contributed by atoms with Crippen LogP contribution in [-0.2, 0) is 19.7 Å². The van der Waals surface area contributed by atoms with E-state index in [1.807, 2.05) is 6.92 Å². The summed E-state index contributed by atoms with van der Waals surface area (Å²) in [5.41, 5.74) is 0.789. The fourth-order valence-electron chi connectivity index (χ4n) is 3.54. The Morgan fingerprint density at radius 2 is 1.50 bits per heavy atom. The van der Waals surface area contributed by atoms with E-state index in [-0.39, 0.29) is 17.0 Å². The molecule has 2 aromatic carbocycles. The second kappa shape index (κ2) is 8.77. The maximum absolute atomic E-state index is 12.8. The summed E-state index contributed by atoms with van der Waals surface area (Å²) in [6.07, 6.45) is 1.93. The molecular formula is C21H26N2O5S2. The van der Waals surface area contributed by atoms with Crippen molar-refractivity contribution in [3.8, 4) is 0 Å². The molecule has 0 aliphatic carbocycles. The minimum Gasteiger partial charge on any atom is -0.331 e. The lowest BCUT2D eigenvalue weighted by atomic mass is 10.1. The molecule has 2 aromatic rings. The van der Waals surface area contributed by atoms with E-state index in [2.05, 4.69) is 5.32 Å². The molecule has 0 aromatic heterocycles. The van der Waals surface area contributed by atoms with E-state index in [0.717, 1.165) is 11.8 Å². The number of carbonyl (C=O) groups excluding carboxylic acids is 1. The Morgan fingerprint density at radius 1 is 0.933 bits per heavy atom. The van der Waals surface area contributed by atoms with Gasteiger partial charge >= 0.3 is 6.03 Å². The number of benzene rings is 2.